The highest BCUT2D eigenvalue weighted by Crippen LogP contribution is 2.20. The maximum atomic E-state index is 4.70. The van der Waals surface area contributed by atoms with Gasteiger partial charge in [0.25, 0.3) is 0 Å². The molecule has 0 radical (unpaired) electrons. The van der Waals surface area contributed by atoms with Crippen LogP contribution in [0.3, 0.4) is 0 Å². The Balaban J connectivity index is 2.42. The van der Waals surface area contributed by atoms with Gasteiger partial charge in [-0.2, -0.15) is 0 Å². The number of hydrogen-bond acceptors (Lipinski definition) is 2. The van der Waals surface area contributed by atoms with Crippen LogP contribution in [-0.4, -0.2) is 16.1 Å². The molecule has 1 heterocycles. The minimum Gasteiger partial charge on any atom is -0.327 e. The van der Waals surface area contributed by atoms with Crippen LogP contribution in [-0.2, 0) is 6.54 Å². The van der Waals surface area contributed by atoms with Gasteiger partial charge in [-0.25, -0.2) is 4.98 Å². The summed E-state index contributed by atoms with van der Waals surface area (Å²) in [7, 11) is 0. The zero-order valence-electron chi connectivity index (χ0n) is 10.5. The Kier molecular flexibility index (Phi) is 3.59. The van der Waals surface area contributed by atoms with Gasteiger partial charge in [0, 0.05) is 13.1 Å². The van der Waals surface area contributed by atoms with Crippen LogP contribution in [0.1, 0.15) is 25.7 Å². The molecule has 0 aliphatic heterocycles. The van der Waals surface area contributed by atoms with Gasteiger partial charge in [0.1, 0.15) is 5.82 Å². The Hall–Kier alpha value is -1.61. The van der Waals surface area contributed by atoms with Gasteiger partial charge >= 0.3 is 0 Å². The first kappa shape index (κ1) is 11.9. The highest BCUT2D eigenvalue weighted by Gasteiger charge is 2.14. The molecule has 0 amide bonds. The van der Waals surface area contributed by atoms with Crippen LogP contribution in [0, 0.1) is 0 Å². The van der Waals surface area contributed by atoms with E-state index in [-0.39, 0.29) is 6.04 Å². The number of fused-ring (bicyclic) bond motifs is 1. The van der Waals surface area contributed by atoms with Gasteiger partial charge < -0.3 is 9.88 Å². The number of aromatic nitrogens is 2. The Morgan fingerprint density at radius 3 is 2.94 bits per heavy atom. The lowest BCUT2D eigenvalue weighted by molar-refractivity contribution is 0.550. The van der Waals surface area contributed by atoms with Crippen molar-refractivity contribution in [3.63, 3.8) is 0 Å². The zero-order chi connectivity index (χ0) is 12.3. The summed E-state index contributed by atoms with van der Waals surface area (Å²) in [5.74, 6) is 1.09. The van der Waals surface area contributed by atoms with Gasteiger partial charge in [0.15, 0.2) is 0 Å². The second-order valence-corrected chi connectivity index (χ2v) is 4.12. The molecule has 3 nitrogen and oxygen atoms in total. The summed E-state index contributed by atoms with van der Waals surface area (Å²) >= 11 is 0. The van der Waals surface area contributed by atoms with Crippen LogP contribution in [0.5, 0.6) is 0 Å². The Bertz CT molecular complexity index is 513. The molecular weight excluding hydrogens is 210 g/mol. The van der Waals surface area contributed by atoms with Crippen molar-refractivity contribution in [2.45, 2.75) is 26.4 Å². The fourth-order valence-electron chi connectivity index (χ4n) is 2.11. The van der Waals surface area contributed by atoms with Crippen LogP contribution in [0.25, 0.3) is 11.0 Å². The molecule has 1 aromatic carbocycles. The number of benzene rings is 1. The van der Waals surface area contributed by atoms with Gasteiger partial charge in [-0.1, -0.05) is 18.2 Å². The minimum atomic E-state index is 0.236. The minimum absolute atomic E-state index is 0.236. The molecule has 0 spiro atoms. The van der Waals surface area contributed by atoms with E-state index in [4.69, 9.17) is 4.98 Å². The van der Waals surface area contributed by atoms with Crippen molar-refractivity contribution >= 4 is 11.0 Å². The van der Waals surface area contributed by atoms with Gasteiger partial charge in [0.2, 0.25) is 0 Å². The monoisotopic (exact) mass is 229 g/mol. The van der Waals surface area contributed by atoms with E-state index >= 15 is 0 Å². The summed E-state index contributed by atoms with van der Waals surface area (Å²) in [6, 6.07) is 8.50. The fourth-order valence-corrected chi connectivity index (χ4v) is 2.11. The molecule has 0 saturated carbocycles. The molecular formula is C14H19N3. The standard InChI is InChI=1S/C14H19N3/c1-4-10-15-11(3)14-16-12-8-6-7-9-13(12)17(14)5-2/h4,6-9,11,15H,1,5,10H2,2-3H3/t11-/m1/s1. The number of nitrogens with one attached hydrogen (secondary N) is 1. The van der Waals surface area contributed by atoms with Crippen molar-refractivity contribution in [3.8, 4) is 0 Å². The van der Waals surface area contributed by atoms with Crippen LogP contribution in [0.4, 0.5) is 0 Å². The second kappa shape index (κ2) is 5.15. The van der Waals surface area contributed by atoms with E-state index in [1.54, 1.807) is 0 Å². The third kappa shape index (κ3) is 2.24. The lowest BCUT2D eigenvalue weighted by Crippen LogP contribution is -2.21. The van der Waals surface area contributed by atoms with Crippen molar-refractivity contribution in [1.82, 2.24) is 14.9 Å². The smallest absolute Gasteiger partial charge is 0.126 e. The largest absolute Gasteiger partial charge is 0.327 e. The quantitative estimate of drug-likeness (QED) is 0.799. The molecule has 0 fully saturated rings. The third-order valence-corrected chi connectivity index (χ3v) is 2.96. The number of hydrogen-bond donors (Lipinski definition) is 1. The van der Waals surface area contributed by atoms with E-state index in [0.717, 1.165) is 24.4 Å². The molecule has 0 aliphatic carbocycles. The molecule has 0 unspecified atom stereocenters. The Morgan fingerprint density at radius 1 is 1.47 bits per heavy atom. The predicted octanol–water partition coefficient (Wildman–Crippen LogP) is 2.89. The average molecular weight is 229 g/mol. The van der Waals surface area contributed by atoms with E-state index in [1.165, 1.54) is 5.52 Å². The first-order valence-corrected chi connectivity index (χ1v) is 6.07. The molecule has 0 bridgehead atoms. The lowest BCUT2D eigenvalue weighted by Gasteiger charge is -2.13. The van der Waals surface area contributed by atoms with E-state index in [1.807, 2.05) is 12.1 Å². The molecule has 90 valence electrons. The van der Waals surface area contributed by atoms with Crippen molar-refractivity contribution in [3.05, 3.63) is 42.7 Å². The molecule has 1 atom stereocenters. The normalized spacial score (nSPS) is 12.8. The highest BCUT2D eigenvalue weighted by atomic mass is 15.1. The number of para-hydroxylation sites is 2. The number of aryl methyl sites for hydroxylation is 1. The van der Waals surface area contributed by atoms with Crippen molar-refractivity contribution < 1.29 is 0 Å². The summed E-state index contributed by atoms with van der Waals surface area (Å²) in [5, 5.41) is 3.38. The molecule has 3 heteroatoms. The van der Waals surface area contributed by atoms with E-state index in [9.17, 15) is 0 Å². The van der Waals surface area contributed by atoms with Crippen LogP contribution in [0.2, 0.25) is 0 Å². The predicted molar refractivity (Wildman–Crippen MR) is 72.0 cm³/mol. The van der Waals surface area contributed by atoms with E-state index < -0.39 is 0 Å². The van der Waals surface area contributed by atoms with Crippen molar-refractivity contribution in [2.24, 2.45) is 0 Å². The highest BCUT2D eigenvalue weighted by molar-refractivity contribution is 5.76. The first-order chi connectivity index (χ1) is 8.27. The molecule has 2 rings (SSSR count). The van der Waals surface area contributed by atoms with E-state index in [0.29, 0.717) is 0 Å². The molecule has 2 aromatic rings. The van der Waals surface area contributed by atoms with E-state index in [2.05, 4.69) is 48.5 Å². The molecule has 17 heavy (non-hydrogen) atoms. The third-order valence-electron chi connectivity index (χ3n) is 2.96. The SMILES string of the molecule is C=CCN[C@H](C)c1nc2ccccc2n1CC. The van der Waals surface area contributed by atoms with Gasteiger partial charge in [-0.05, 0) is 26.0 Å². The summed E-state index contributed by atoms with van der Waals surface area (Å²) < 4.78 is 2.26. The average Bonchev–Trinajstić information content (AvgIpc) is 2.74. The van der Waals surface area contributed by atoms with Crippen LogP contribution >= 0.6 is 0 Å². The molecule has 0 saturated heterocycles. The maximum absolute atomic E-state index is 4.70. The van der Waals surface area contributed by atoms with Crippen molar-refractivity contribution in [2.75, 3.05) is 6.54 Å². The fraction of sp³-hybridized carbons (Fsp3) is 0.357. The Morgan fingerprint density at radius 2 is 2.24 bits per heavy atom. The second-order valence-electron chi connectivity index (χ2n) is 4.12. The number of rotatable bonds is 5. The van der Waals surface area contributed by atoms with Gasteiger partial charge in [0.05, 0.1) is 17.1 Å². The summed E-state index contributed by atoms with van der Waals surface area (Å²) in [6.45, 7) is 9.75. The Labute approximate surface area is 102 Å². The van der Waals surface area contributed by atoms with Crippen molar-refractivity contribution in [1.29, 1.82) is 0 Å². The maximum Gasteiger partial charge on any atom is 0.126 e. The van der Waals surface area contributed by atoms with Crippen LogP contribution < -0.4 is 5.32 Å². The zero-order valence-corrected chi connectivity index (χ0v) is 10.5. The van der Waals surface area contributed by atoms with Gasteiger partial charge in [-0.3, -0.25) is 0 Å². The number of imidazole rings is 1. The lowest BCUT2D eigenvalue weighted by atomic mass is 10.3. The number of nitrogens with zero attached hydrogens (tertiary/aromatic N) is 2. The summed E-state index contributed by atoms with van der Waals surface area (Å²) in [4.78, 5) is 4.70. The summed E-state index contributed by atoms with van der Waals surface area (Å²) in [6.07, 6.45) is 1.87. The summed E-state index contributed by atoms with van der Waals surface area (Å²) in [5.41, 5.74) is 2.27. The van der Waals surface area contributed by atoms with Crippen LogP contribution in [0.15, 0.2) is 36.9 Å². The topological polar surface area (TPSA) is 29.9 Å². The first-order valence-electron chi connectivity index (χ1n) is 6.07. The molecule has 1 aromatic heterocycles. The molecule has 1 N–H and O–H groups in total. The molecule has 0 aliphatic rings. The van der Waals surface area contributed by atoms with Gasteiger partial charge in [-0.15, -0.1) is 6.58 Å².